The average molecular weight is 403 g/mol. The first-order valence-electron chi connectivity index (χ1n) is 10.7. The van der Waals surface area contributed by atoms with Gasteiger partial charge in [0.1, 0.15) is 17.8 Å². The maximum Gasteiger partial charge on any atom is 0.141 e. The number of para-hydroxylation sites is 2. The summed E-state index contributed by atoms with van der Waals surface area (Å²) in [7, 11) is 0. The Bertz CT molecular complexity index is 1500. The standard InChI is InChI=1S/C27H21N3O/c1-27(2)20-7-5-8-22-25(20)30(16-29(22)17-12-14-28-15-13-17)21-11-10-19-18-6-3-4-9-23(18)31-26(19)24(21)27/h3-15H,16H2,1-2H3. The highest BCUT2D eigenvalue weighted by Crippen LogP contribution is 2.58. The number of pyridine rings is 1. The van der Waals surface area contributed by atoms with Gasteiger partial charge in [0.05, 0.1) is 17.1 Å². The number of fused-ring (bicyclic) bond motifs is 6. The highest BCUT2D eigenvalue weighted by Gasteiger charge is 2.44. The number of aromatic nitrogens is 1. The summed E-state index contributed by atoms with van der Waals surface area (Å²) >= 11 is 0. The third kappa shape index (κ3) is 2.07. The number of anilines is 4. The SMILES string of the molecule is CC1(C)c2cccc3c2N(CN3c2ccncc2)c2ccc3c(oc4ccccc43)c21. The van der Waals surface area contributed by atoms with E-state index in [1.54, 1.807) is 0 Å². The molecule has 0 spiro atoms. The molecule has 3 aromatic carbocycles. The van der Waals surface area contributed by atoms with E-state index in [0.717, 1.165) is 23.5 Å². The first-order valence-corrected chi connectivity index (χ1v) is 10.7. The number of hydrogen-bond donors (Lipinski definition) is 0. The van der Waals surface area contributed by atoms with Crippen LogP contribution in [-0.4, -0.2) is 11.7 Å². The molecular formula is C27H21N3O. The molecule has 150 valence electrons. The van der Waals surface area contributed by atoms with E-state index in [2.05, 4.69) is 89.3 Å². The van der Waals surface area contributed by atoms with Crippen LogP contribution in [0.3, 0.4) is 0 Å². The molecule has 4 nitrogen and oxygen atoms in total. The van der Waals surface area contributed by atoms with Gasteiger partial charge in [-0.15, -0.1) is 0 Å². The highest BCUT2D eigenvalue weighted by atomic mass is 16.3. The van der Waals surface area contributed by atoms with E-state index in [4.69, 9.17) is 4.42 Å². The molecule has 0 unspecified atom stereocenters. The predicted octanol–water partition coefficient (Wildman–Crippen LogP) is 6.87. The van der Waals surface area contributed by atoms with Crippen LogP contribution < -0.4 is 9.80 Å². The summed E-state index contributed by atoms with van der Waals surface area (Å²) in [5.74, 6) is 0. The lowest BCUT2D eigenvalue weighted by molar-refractivity contribution is 0.600. The lowest BCUT2D eigenvalue weighted by atomic mass is 9.73. The number of benzene rings is 3. The lowest BCUT2D eigenvalue weighted by Crippen LogP contribution is -2.33. The van der Waals surface area contributed by atoms with E-state index in [1.165, 1.54) is 39.0 Å². The van der Waals surface area contributed by atoms with Crippen molar-refractivity contribution in [3.8, 4) is 0 Å². The van der Waals surface area contributed by atoms with Gasteiger partial charge < -0.3 is 14.2 Å². The fraction of sp³-hybridized carbons (Fsp3) is 0.148. The Morgan fingerprint density at radius 1 is 0.806 bits per heavy atom. The van der Waals surface area contributed by atoms with Gasteiger partial charge in [0.2, 0.25) is 0 Å². The average Bonchev–Trinajstić information content (AvgIpc) is 3.37. The van der Waals surface area contributed by atoms with Crippen molar-refractivity contribution in [3.05, 3.63) is 90.3 Å². The van der Waals surface area contributed by atoms with Crippen molar-refractivity contribution >= 4 is 44.7 Å². The van der Waals surface area contributed by atoms with Gasteiger partial charge in [-0.1, -0.05) is 44.2 Å². The largest absolute Gasteiger partial charge is 0.456 e. The molecule has 0 atom stereocenters. The zero-order valence-corrected chi connectivity index (χ0v) is 17.5. The van der Waals surface area contributed by atoms with Gasteiger partial charge in [0.15, 0.2) is 0 Å². The van der Waals surface area contributed by atoms with Crippen LogP contribution in [0.2, 0.25) is 0 Å². The number of furan rings is 1. The van der Waals surface area contributed by atoms with Crippen molar-refractivity contribution in [2.75, 3.05) is 16.5 Å². The summed E-state index contributed by atoms with van der Waals surface area (Å²) in [4.78, 5) is 9.02. The van der Waals surface area contributed by atoms with E-state index in [1.807, 2.05) is 18.5 Å². The number of hydrogen-bond acceptors (Lipinski definition) is 4. The van der Waals surface area contributed by atoms with Crippen LogP contribution >= 0.6 is 0 Å². The molecule has 4 heteroatoms. The van der Waals surface area contributed by atoms with Gasteiger partial charge in [0, 0.05) is 39.8 Å². The van der Waals surface area contributed by atoms with Crippen LogP contribution in [0.4, 0.5) is 22.7 Å². The Morgan fingerprint density at radius 3 is 2.52 bits per heavy atom. The molecule has 4 heterocycles. The van der Waals surface area contributed by atoms with E-state index in [9.17, 15) is 0 Å². The second kappa shape index (κ2) is 5.67. The number of rotatable bonds is 1. The lowest BCUT2D eigenvalue weighted by Gasteiger charge is -2.39. The van der Waals surface area contributed by atoms with Gasteiger partial charge in [0.25, 0.3) is 0 Å². The zero-order valence-electron chi connectivity index (χ0n) is 17.5. The van der Waals surface area contributed by atoms with E-state index in [-0.39, 0.29) is 5.41 Å². The van der Waals surface area contributed by atoms with Gasteiger partial charge >= 0.3 is 0 Å². The Morgan fingerprint density at radius 2 is 1.65 bits per heavy atom. The molecule has 2 aliphatic rings. The quantitative estimate of drug-likeness (QED) is 0.306. The zero-order chi connectivity index (χ0) is 20.7. The second-order valence-electron chi connectivity index (χ2n) is 8.94. The Kier molecular flexibility index (Phi) is 3.10. The molecule has 0 fully saturated rings. The van der Waals surface area contributed by atoms with Gasteiger partial charge in [-0.3, -0.25) is 4.98 Å². The molecular weight excluding hydrogens is 382 g/mol. The summed E-state index contributed by atoms with van der Waals surface area (Å²) in [5.41, 5.74) is 9.29. The molecule has 0 aliphatic carbocycles. The smallest absolute Gasteiger partial charge is 0.141 e. The normalized spacial score (nSPS) is 16.1. The van der Waals surface area contributed by atoms with Crippen molar-refractivity contribution in [1.82, 2.24) is 4.98 Å². The summed E-state index contributed by atoms with van der Waals surface area (Å²) in [6.07, 6.45) is 3.72. The van der Waals surface area contributed by atoms with Gasteiger partial charge in [-0.25, -0.2) is 0 Å². The van der Waals surface area contributed by atoms with Crippen LogP contribution in [0.5, 0.6) is 0 Å². The van der Waals surface area contributed by atoms with Gasteiger partial charge in [-0.2, -0.15) is 0 Å². The Balaban J connectivity index is 1.54. The van der Waals surface area contributed by atoms with Crippen LogP contribution in [0, 0.1) is 0 Å². The molecule has 5 aromatic rings. The van der Waals surface area contributed by atoms with Crippen molar-refractivity contribution in [2.45, 2.75) is 19.3 Å². The van der Waals surface area contributed by atoms with Crippen molar-refractivity contribution in [2.24, 2.45) is 0 Å². The molecule has 31 heavy (non-hydrogen) atoms. The summed E-state index contributed by atoms with van der Waals surface area (Å²) in [5, 5.41) is 2.36. The predicted molar refractivity (Wildman–Crippen MR) is 126 cm³/mol. The van der Waals surface area contributed by atoms with Crippen LogP contribution in [0.15, 0.2) is 83.5 Å². The first kappa shape index (κ1) is 16.9. The third-order valence-electron chi connectivity index (χ3n) is 6.95. The molecule has 0 saturated heterocycles. The van der Waals surface area contributed by atoms with E-state index in [0.29, 0.717) is 0 Å². The molecule has 0 saturated carbocycles. The topological polar surface area (TPSA) is 32.5 Å². The van der Waals surface area contributed by atoms with Crippen LogP contribution in [0.1, 0.15) is 25.0 Å². The third-order valence-corrected chi connectivity index (χ3v) is 6.95. The van der Waals surface area contributed by atoms with Crippen LogP contribution in [-0.2, 0) is 5.41 Å². The Labute approximate surface area is 180 Å². The van der Waals surface area contributed by atoms with Crippen LogP contribution in [0.25, 0.3) is 21.9 Å². The fourth-order valence-corrected chi connectivity index (χ4v) is 5.51. The fourth-order valence-electron chi connectivity index (χ4n) is 5.51. The van der Waals surface area contributed by atoms with Crippen molar-refractivity contribution in [3.63, 3.8) is 0 Å². The van der Waals surface area contributed by atoms with Crippen molar-refractivity contribution < 1.29 is 4.42 Å². The minimum atomic E-state index is -0.182. The highest BCUT2D eigenvalue weighted by molar-refractivity contribution is 6.09. The minimum Gasteiger partial charge on any atom is -0.456 e. The second-order valence-corrected chi connectivity index (χ2v) is 8.94. The minimum absolute atomic E-state index is 0.182. The van der Waals surface area contributed by atoms with Crippen molar-refractivity contribution in [1.29, 1.82) is 0 Å². The number of nitrogens with zero attached hydrogens (tertiary/aromatic N) is 3. The molecule has 0 radical (unpaired) electrons. The summed E-state index contributed by atoms with van der Waals surface area (Å²) < 4.78 is 6.47. The monoisotopic (exact) mass is 403 g/mol. The molecule has 0 bridgehead atoms. The summed E-state index contributed by atoms with van der Waals surface area (Å²) in [6, 6.07) is 23.6. The molecule has 7 rings (SSSR count). The molecule has 2 aliphatic heterocycles. The maximum absolute atomic E-state index is 6.47. The molecule has 0 amide bonds. The summed E-state index contributed by atoms with van der Waals surface area (Å²) in [6.45, 7) is 5.41. The maximum atomic E-state index is 6.47. The van der Waals surface area contributed by atoms with E-state index >= 15 is 0 Å². The van der Waals surface area contributed by atoms with Gasteiger partial charge in [-0.05, 0) is 42.0 Å². The molecule has 2 aromatic heterocycles. The van der Waals surface area contributed by atoms with E-state index < -0.39 is 0 Å². The first-order chi connectivity index (χ1) is 15.1. The Hall–Kier alpha value is -3.79. The molecule has 0 N–H and O–H groups in total.